The van der Waals surface area contributed by atoms with E-state index < -0.39 is 5.60 Å². The van der Waals surface area contributed by atoms with Crippen molar-refractivity contribution in [1.29, 1.82) is 0 Å². The minimum absolute atomic E-state index is 0.206. The number of hydrogen-bond acceptors (Lipinski definition) is 5. The van der Waals surface area contributed by atoms with Crippen LogP contribution in [-0.2, 0) is 5.60 Å². The minimum Gasteiger partial charge on any atom is -0.448 e. The lowest BCUT2D eigenvalue weighted by atomic mass is 9.95. The Morgan fingerprint density at radius 3 is 2.68 bits per heavy atom. The molecule has 2 aromatic heterocycles. The molecule has 1 saturated carbocycles. The van der Waals surface area contributed by atoms with Crippen molar-refractivity contribution in [3.63, 3.8) is 0 Å². The average molecular weight is 382 g/mol. The van der Waals surface area contributed by atoms with Crippen molar-refractivity contribution in [3.8, 4) is 0 Å². The number of nitrogens with one attached hydrogen (secondary N) is 1. The first kappa shape index (κ1) is 18.7. The van der Waals surface area contributed by atoms with Crippen LogP contribution in [0.2, 0.25) is 0 Å². The van der Waals surface area contributed by atoms with E-state index in [-0.39, 0.29) is 11.6 Å². The Kier molecular flexibility index (Phi) is 4.71. The van der Waals surface area contributed by atoms with Gasteiger partial charge in [0.15, 0.2) is 11.6 Å². The fourth-order valence-corrected chi connectivity index (χ4v) is 3.89. The van der Waals surface area contributed by atoms with Gasteiger partial charge < -0.3 is 14.8 Å². The smallest absolute Gasteiger partial charge is 0.277 e. The molecule has 7 nitrogen and oxygen atoms in total. The van der Waals surface area contributed by atoms with Gasteiger partial charge in [-0.15, -0.1) is 0 Å². The number of carbonyl (C=O) groups is 1. The van der Waals surface area contributed by atoms with E-state index in [0.29, 0.717) is 23.2 Å². The molecular formula is C21H26N4O3. The lowest BCUT2D eigenvalue weighted by molar-refractivity contribution is 0.0794. The zero-order valence-corrected chi connectivity index (χ0v) is 16.5. The monoisotopic (exact) mass is 382 g/mol. The number of aliphatic hydroxyl groups is 1. The summed E-state index contributed by atoms with van der Waals surface area (Å²) in [6.45, 7) is 5.08. The quantitative estimate of drug-likeness (QED) is 0.701. The SMILES string of the molecule is Cc1nc(C(=O)Nc2cc3cn(C4CCCCC4)nc3cc2C(C)(C)O)co1. The number of oxazole rings is 1. The first-order valence-corrected chi connectivity index (χ1v) is 9.80. The molecule has 7 heteroatoms. The number of nitrogens with zero attached hydrogens (tertiary/aromatic N) is 3. The van der Waals surface area contributed by atoms with Crippen molar-refractivity contribution in [2.75, 3.05) is 5.32 Å². The van der Waals surface area contributed by atoms with Crippen molar-refractivity contribution < 1.29 is 14.3 Å². The highest BCUT2D eigenvalue weighted by atomic mass is 16.3. The zero-order valence-electron chi connectivity index (χ0n) is 16.5. The van der Waals surface area contributed by atoms with Gasteiger partial charge >= 0.3 is 0 Å². The molecule has 1 aliphatic carbocycles. The summed E-state index contributed by atoms with van der Waals surface area (Å²) in [6.07, 6.45) is 9.40. The van der Waals surface area contributed by atoms with E-state index in [9.17, 15) is 9.90 Å². The third kappa shape index (κ3) is 3.67. The number of benzene rings is 1. The van der Waals surface area contributed by atoms with Gasteiger partial charge in [-0.3, -0.25) is 9.48 Å². The van der Waals surface area contributed by atoms with Gasteiger partial charge in [-0.05, 0) is 38.8 Å². The van der Waals surface area contributed by atoms with Crippen molar-refractivity contribution in [2.24, 2.45) is 0 Å². The highest BCUT2D eigenvalue weighted by Crippen LogP contribution is 2.34. The van der Waals surface area contributed by atoms with Crippen molar-refractivity contribution in [3.05, 3.63) is 41.7 Å². The first-order valence-electron chi connectivity index (χ1n) is 9.80. The second-order valence-electron chi connectivity index (χ2n) is 8.12. The molecule has 1 amide bonds. The molecule has 2 heterocycles. The van der Waals surface area contributed by atoms with Gasteiger partial charge in [0, 0.05) is 29.8 Å². The number of carbonyl (C=O) groups excluding carboxylic acids is 1. The lowest BCUT2D eigenvalue weighted by Crippen LogP contribution is -2.21. The maximum absolute atomic E-state index is 12.6. The second-order valence-corrected chi connectivity index (χ2v) is 8.12. The first-order chi connectivity index (χ1) is 13.3. The highest BCUT2D eigenvalue weighted by Gasteiger charge is 2.25. The van der Waals surface area contributed by atoms with E-state index in [4.69, 9.17) is 9.52 Å². The van der Waals surface area contributed by atoms with Crippen LogP contribution in [-0.4, -0.2) is 25.8 Å². The van der Waals surface area contributed by atoms with Gasteiger partial charge in [0.25, 0.3) is 5.91 Å². The van der Waals surface area contributed by atoms with E-state index in [2.05, 4.69) is 10.3 Å². The van der Waals surface area contributed by atoms with Crippen LogP contribution in [0.5, 0.6) is 0 Å². The molecule has 1 aliphatic rings. The summed E-state index contributed by atoms with van der Waals surface area (Å²) in [5.74, 6) is 0.0541. The molecule has 28 heavy (non-hydrogen) atoms. The van der Waals surface area contributed by atoms with E-state index >= 15 is 0 Å². The Labute approximate surface area is 163 Å². The summed E-state index contributed by atoms with van der Waals surface area (Å²) < 4.78 is 7.17. The van der Waals surface area contributed by atoms with Gasteiger partial charge in [-0.1, -0.05) is 19.3 Å². The summed E-state index contributed by atoms with van der Waals surface area (Å²) in [5, 5.41) is 19.2. The molecule has 1 fully saturated rings. The number of aromatic nitrogens is 3. The molecular weight excluding hydrogens is 356 g/mol. The van der Waals surface area contributed by atoms with Crippen LogP contribution >= 0.6 is 0 Å². The van der Waals surface area contributed by atoms with Gasteiger partial charge in [-0.2, -0.15) is 5.10 Å². The molecule has 0 radical (unpaired) electrons. The molecule has 4 rings (SSSR count). The Bertz CT molecular complexity index is 1010. The molecule has 0 aliphatic heterocycles. The molecule has 0 bridgehead atoms. The molecule has 2 N–H and O–H groups in total. The zero-order chi connectivity index (χ0) is 19.9. The number of amides is 1. The van der Waals surface area contributed by atoms with Crippen LogP contribution in [0, 0.1) is 6.92 Å². The van der Waals surface area contributed by atoms with E-state index in [0.717, 1.165) is 23.7 Å². The largest absolute Gasteiger partial charge is 0.448 e. The number of aryl methyl sites for hydroxylation is 1. The minimum atomic E-state index is -1.13. The van der Waals surface area contributed by atoms with Crippen LogP contribution in [0.1, 0.15) is 73.9 Å². The Morgan fingerprint density at radius 2 is 2.04 bits per heavy atom. The number of hydrogen-bond donors (Lipinski definition) is 2. The van der Waals surface area contributed by atoms with Gasteiger partial charge in [-0.25, -0.2) is 4.98 Å². The molecule has 0 spiro atoms. The van der Waals surface area contributed by atoms with Crippen molar-refractivity contribution in [1.82, 2.24) is 14.8 Å². The Morgan fingerprint density at radius 1 is 1.29 bits per heavy atom. The van der Waals surface area contributed by atoms with Crippen LogP contribution in [0.4, 0.5) is 5.69 Å². The Balaban J connectivity index is 1.72. The van der Waals surface area contributed by atoms with Crippen LogP contribution < -0.4 is 5.32 Å². The summed E-state index contributed by atoms with van der Waals surface area (Å²) in [7, 11) is 0. The van der Waals surface area contributed by atoms with E-state index in [1.165, 1.54) is 25.5 Å². The lowest BCUT2D eigenvalue weighted by Gasteiger charge is -2.22. The van der Waals surface area contributed by atoms with Crippen molar-refractivity contribution in [2.45, 2.75) is 64.5 Å². The molecule has 0 saturated heterocycles. The van der Waals surface area contributed by atoms with Crippen LogP contribution in [0.3, 0.4) is 0 Å². The molecule has 3 aromatic rings. The maximum atomic E-state index is 12.6. The Hall–Kier alpha value is -2.67. The van der Waals surface area contributed by atoms with E-state index in [1.807, 2.05) is 23.0 Å². The molecule has 1 aromatic carbocycles. The molecule has 0 atom stereocenters. The third-order valence-electron chi connectivity index (χ3n) is 5.37. The van der Waals surface area contributed by atoms with Crippen LogP contribution in [0.15, 0.2) is 29.0 Å². The predicted molar refractivity (Wildman–Crippen MR) is 106 cm³/mol. The fourth-order valence-electron chi connectivity index (χ4n) is 3.89. The normalized spacial score (nSPS) is 15.9. The third-order valence-corrected chi connectivity index (χ3v) is 5.37. The number of fused-ring (bicyclic) bond motifs is 1. The van der Waals surface area contributed by atoms with Gasteiger partial charge in [0.2, 0.25) is 0 Å². The maximum Gasteiger partial charge on any atom is 0.277 e. The summed E-state index contributed by atoms with van der Waals surface area (Å²) >= 11 is 0. The summed E-state index contributed by atoms with van der Waals surface area (Å²) in [6, 6.07) is 4.15. The number of anilines is 1. The standard InChI is InChI=1S/C21H26N4O3/c1-13-22-19(12-28-13)20(26)23-18-9-14-11-25(15-7-5-4-6-8-15)24-17(14)10-16(18)21(2,3)27/h9-12,15,27H,4-8H2,1-3H3,(H,23,26). The van der Waals surface area contributed by atoms with Crippen molar-refractivity contribution >= 4 is 22.5 Å². The topological polar surface area (TPSA) is 93.2 Å². The summed E-state index contributed by atoms with van der Waals surface area (Å²) in [4.78, 5) is 16.6. The highest BCUT2D eigenvalue weighted by molar-refractivity contribution is 6.04. The van der Waals surface area contributed by atoms with Crippen LogP contribution in [0.25, 0.3) is 10.9 Å². The fraction of sp³-hybridized carbons (Fsp3) is 0.476. The second kappa shape index (κ2) is 7.05. The van der Waals surface area contributed by atoms with E-state index in [1.54, 1.807) is 20.8 Å². The van der Waals surface area contributed by atoms with Gasteiger partial charge in [0.1, 0.15) is 6.26 Å². The predicted octanol–water partition coefficient (Wildman–Crippen LogP) is 4.32. The molecule has 148 valence electrons. The molecule has 0 unspecified atom stereocenters. The summed E-state index contributed by atoms with van der Waals surface area (Å²) in [5.41, 5.74) is 1.05. The van der Waals surface area contributed by atoms with Gasteiger partial charge in [0.05, 0.1) is 17.2 Å². The average Bonchev–Trinajstić information content (AvgIpc) is 3.27. The number of rotatable bonds is 4.